The number of hydrogen-bond donors (Lipinski definition) is 0. The number of nitrogens with zero attached hydrogens (tertiary/aromatic N) is 2. The van der Waals surface area contributed by atoms with Crippen molar-refractivity contribution in [1.82, 2.24) is 9.21 Å². The van der Waals surface area contributed by atoms with Crippen LogP contribution in [-0.4, -0.2) is 62.4 Å². The molecule has 0 saturated carbocycles. The maximum atomic E-state index is 12.8. The van der Waals surface area contributed by atoms with Crippen LogP contribution in [0.2, 0.25) is 0 Å². The summed E-state index contributed by atoms with van der Waals surface area (Å²) in [7, 11) is -3.50. The molecule has 1 amide bonds. The van der Waals surface area contributed by atoms with E-state index in [1.54, 1.807) is 24.0 Å². The van der Waals surface area contributed by atoms with E-state index in [4.69, 9.17) is 4.74 Å². The Morgan fingerprint density at radius 1 is 1.36 bits per heavy atom. The van der Waals surface area contributed by atoms with Gasteiger partial charge in [0.05, 0.1) is 11.5 Å². The number of thiophene rings is 1. The van der Waals surface area contributed by atoms with Crippen molar-refractivity contribution in [2.45, 2.75) is 38.2 Å². The molecule has 1 fully saturated rings. The average molecular weight is 387 g/mol. The third kappa shape index (κ3) is 4.69. The smallest absolute Gasteiger partial charge is 0.251 e. The molecule has 1 aliphatic rings. The van der Waals surface area contributed by atoms with E-state index in [0.29, 0.717) is 44.1 Å². The third-order valence-corrected chi connectivity index (χ3v) is 7.32. The zero-order chi connectivity index (χ0) is 18.6. The highest BCUT2D eigenvalue weighted by Crippen LogP contribution is 2.28. The van der Waals surface area contributed by atoms with Crippen molar-refractivity contribution >= 4 is 27.3 Å². The van der Waals surface area contributed by atoms with Crippen LogP contribution in [0, 0.1) is 13.8 Å². The van der Waals surface area contributed by atoms with E-state index in [1.165, 1.54) is 15.6 Å². The zero-order valence-corrected chi connectivity index (χ0v) is 16.7. The van der Waals surface area contributed by atoms with E-state index >= 15 is 0 Å². The molecule has 25 heavy (non-hydrogen) atoms. The van der Waals surface area contributed by atoms with Crippen molar-refractivity contribution in [2.24, 2.45) is 0 Å². The predicted molar refractivity (Wildman–Crippen MR) is 99.4 cm³/mol. The SMILES string of the molecule is C=CCCOC(C)C(=O)N1CCN(S(=O)(=O)c2cc(C)sc2C)CC1. The van der Waals surface area contributed by atoms with Crippen LogP contribution >= 0.6 is 11.3 Å². The lowest BCUT2D eigenvalue weighted by atomic mass is 10.3. The van der Waals surface area contributed by atoms with Gasteiger partial charge in [0.15, 0.2) is 0 Å². The van der Waals surface area contributed by atoms with Gasteiger partial charge in [0.2, 0.25) is 10.0 Å². The molecule has 1 saturated heterocycles. The van der Waals surface area contributed by atoms with Gasteiger partial charge in [-0.05, 0) is 33.3 Å². The van der Waals surface area contributed by atoms with Crippen LogP contribution in [0.1, 0.15) is 23.1 Å². The molecule has 1 aliphatic heterocycles. The van der Waals surface area contributed by atoms with Gasteiger partial charge >= 0.3 is 0 Å². The first-order valence-corrected chi connectivity index (χ1v) is 10.6. The second-order valence-corrected chi connectivity index (χ2v) is 9.46. The van der Waals surface area contributed by atoms with Crippen molar-refractivity contribution < 1.29 is 17.9 Å². The first kappa shape index (κ1) is 20.1. The quantitative estimate of drug-likeness (QED) is 0.532. The van der Waals surface area contributed by atoms with Crippen molar-refractivity contribution in [1.29, 1.82) is 0 Å². The van der Waals surface area contributed by atoms with Crippen LogP contribution in [-0.2, 0) is 19.6 Å². The second kappa shape index (κ2) is 8.44. The number of carbonyl (C=O) groups excluding carboxylic acids is 1. The minimum absolute atomic E-state index is 0.0938. The molecule has 0 N–H and O–H groups in total. The van der Waals surface area contributed by atoms with E-state index in [9.17, 15) is 13.2 Å². The molecule has 0 aromatic carbocycles. The van der Waals surface area contributed by atoms with Crippen LogP contribution in [0.5, 0.6) is 0 Å². The van der Waals surface area contributed by atoms with Crippen molar-refractivity contribution in [2.75, 3.05) is 32.8 Å². The fourth-order valence-corrected chi connectivity index (χ4v) is 5.75. The fourth-order valence-electron chi connectivity index (χ4n) is 2.81. The molecule has 2 heterocycles. The first-order chi connectivity index (χ1) is 11.8. The molecule has 0 spiro atoms. The Morgan fingerprint density at radius 2 is 2.00 bits per heavy atom. The normalized spacial score (nSPS) is 17.5. The molecule has 140 valence electrons. The molecule has 1 atom stereocenters. The van der Waals surface area contributed by atoms with Crippen LogP contribution in [0.4, 0.5) is 0 Å². The number of carbonyl (C=O) groups is 1. The topological polar surface area (TPSA) is 66.9 Å². The van der Waals surface area contributed by atoms with Crippen LogP contribution < -0.4 is 0 Å². The summed E-state index contributed by atoms with van der Waals surface area (Å²) in [5.41, 5.74) is 0. The maximum absolute atomic E-state index is 12.8. The predicted octanol–water partition coefficient (Wildman–Crippen LogP) is 2.18. The minimum atomic E-state index is -3.50. The van der Waals surface area contributed by atoms with Gasteiger partial charge in [0.25, 0.3) is 5.91 Å². The third-order valence-electron chi connectivity index (χ3n) is 4.20. The first-order valence-electron chi connectivity index (χ1n) is 8.36. The number of ether oxygens (including phenoxy) is 1. The molecular weight excluding hydrogens is 360 g/mol. The summed E-state index contributed by atoms with van der Waals surface area (Å²) < 4.78 is 32.6. The lowest BCUT2D eigenvalue weighted by Gasteiger charge is -2.35. The van der Waals surface area contributed by atoms with E-state index in [1.807, 2.05) is 13.8 Å². The Kier molecular flexibility index (Phi) is 6.79. The van der Waals surface area contributed by atoms with Gasteiger partial charge in [0.1, 0.15) is 6.10 Å². The summed E-state index contributed by atoms with van der Waals surface area (Å²) in [4.78, 5) is 16.2. The highest BCUT2D eigenvalue weighted by molar-refractivity contribution is 7.89. The van der Waals surface area contributed by atoms with Crippen LogP contribution in [0.3, 0.4) is 0 Å². The molecule has 0 radical (unpaired) electrons. The minimum Gasteiger partial charge on any atom is -0.368 e. The van der Waals surface area contributed by atoms with Gasteiger partial charge in [-0.15, -0.1) is 17.9 Å². The zero-order valence-electron chi connectivity index (χ0n) is 15.0. The number of hydrogen-bond acceptors (Lipinski definition) is 5. The molecule has 1 unspecified atom stereocenters. The fraction of sp³-hybridized carbons (Fsp3) is 0.588. The van der Waals surface area contributed by atoms with Crippen molar-refractivity contribution in [3.63, 3.8) is 0 Å². The Bertz CT molecular complexity index is 719. The number of piperazine rings is 1. The van der Waals surface area contributed by atoms with Gasteiger partial charge in [-0.25, -0.2) is 8.42 Å². The summed E-state index contributed by atoms with van der Waals surface area (Å²) in [5, 5.41) is 0. The number of aryl methyl sites for hydroxylation is 2. The van der Waals surface area contributed by atoms with E-state index in [-0.39, 0.29) is 5.91 Å². The van der Waals surface area contributed by atoms with E-state index < -0.39 is 16.1 Å². The van der Waals surface area contributed by atoms with Crippen LogP contribution in [0.15, 0.2) is 23.6 Å². The van der Waals surface area contributed by atoms with Gasteiger partial charge in [-0.1, -0.05) is 6.08 Å². The number of rotatable bonds is 7. The van der Waals surface area contributed by atoms with Crippen LogP contribution in [0.25, 0.3) is 0 Å². The Morgan fingerprint density at radius 3 is 2.52 bits per heavy atom. The Balaban J connectivity index is 1.96. The van der Waals surface area contributed by atoms with Gasteiger partial charge in [-0.3, -0.25) is 4.79 Å². The lowest BCUT2D eigenvalue weighted by Crippen LogP contribution is -2.52. The summed E-state index contributed by atoms with van der Waals surface area (Å²) in [6.07, 6.45) is 1.92. The average Bonchev–Trinajstić information content (AvgIpc) is 2.93. The largest absolute Gasteiger partial charge is 0.368 e. The number of amides is 1. The monoisotopic (exact) mass is 386 g/mol. The summed E-state index contributed by atoms with van der Waals surface area (Å²) in [6, 6.07) is 1.72. The van der Waals surface area contributed by atoms with E-state index in [2.05, 4.69) is 6.58 Å². The standard InChI is InChI=1S/C17H26N2O4S2/c1-5-6-11-23-14(3)17(20)18-7-9-19(10-8-18)25(21,22)16-12-13(2)24-15(16)4/h5,12,14H,1,6-11H2,2-4H3. The maximum Gasteiger partial charge on any atom is 0.251 e. The molecule has 6 nitrogen and oxygen atoms in total. The van der Waals surface area contributed by atoms with Gasteiger partial charge < -0.3 is 9.64 Å². The van der Waals surface area contributed by atoms with E-state index in [0.717, 1.165) is 9.75 Å². The second-order valence-electron chi connectivity index (χ2n) is 6.10. The molecular formula is C17H26N2O4S2. The molecule has 0 aliphatic carbocycles. The van der Waals surface area contributed by atoms with Crippen molar-refractivity contribution in [3.05, 3.63) is 28.5 Å². The molecule has 2 rings (SSSR count). The lowest BCUT2D eigenvalue weighted by molar-refractivity contribution is -0.143. The summed E-state index contributed by atoms with van der Waals surface area (Å²) in [6.45, 7) is 10.9. The summed E-state index contributed by atoms with van der Waals surface area (Å²) in [5.74, 6) is -0.0938. The highest BCUT2D eigenvalue weighted by Gasteiger charge is 2.33. The highest BCUT2D eigenvalue weighted by atomic mass is 32.2. The molecule has 8 heteroatoms. The summed E-state index contributed by atoms with van der Waals surface area (Å²) >= 11 is 1.48. The molecule has 0 bridgehead atoms. The Labute approximate surface area is 154 Å². The van der Waals surface area contributed by atoms with Gasteiger partial charge in [-0.2, -0.15) is 4.31 Å². The van der Waals surface area contributed by atoms with Crippen molar-refractivity contribution in [3.8, 4) is 0 Å². The number of sulfonamides is 1. The molecule has 1 aromatic heterocycles. The molecule has 1 aromatic rings. The Hall–Kier alpha value is -1.22. The van der Waals surface area contributed by atoms with Gasteiger partial charge in [0, 0.05) is 35.9 Å².